The second-order valence-electron chi connectivity index (χ2n) is 5.84. The van der Waals surface area contributed by atoms with Crippen molar-refractivity contribution in [1.82, 2.24) is 0 Å². The first-order valence-corrected chi connectivity index (χ1v) is 8.32. The summed E-state index contributed by atoms with van der Waals surface area (Å²) in [6, 6.07) is 25.7. The summed E-state index contributed by atoms with van der Waals surface area (Å²) in [5.41, 5.74) is 7.74. The average molecular weight is 310 g/mol. The lowest BCUT2D eigenvalue weighted by atomic mass is 9.85. The highest BCUT2D eigenvalue weighted by atomic mass is 14.2. The van der Waals surface area contributed by atoms with E-state index >= 15 is 0 Å². The Kier molecular flexibility index (Phi) is 5.08. The lowest BCUT2D eigenvalue weighted by molar-refractivity contribution is 1.16. The summed E-state index contributed by atoms with van der Waals surface area (Å²) < 4.78 is 0. The van der Waals surface area contributed by atoms with Crippen LogP contribution in [0.25, 0.3) is 22.3 Å². The third kappa shape index (κ3) is 3.23. The molecule has 0 unspecified atom stereocenters. The van der Waals surface area contributed by atoms with Crippen LogP contribution in [0.2, 0.25) is 0 Å². The number of rotatable bonds is 6. The largest absolute Gasteiger partial charge is 0.103 e. The summed E-state index contributed by atoms with van der Waals surface area (Å²) in [6.45, 7) is 7.88. The van der Waals surface area contributed by atoms with Crippen LogP contribution in [-0.2, 0) is 12.8 Å². The second kappa shape index (κ2) is 7.61. The van der Waals surface area contributed by atoms with Gasteiger partial charge in [-0.25, -0.2) is 0 Å². The molecule has 3 aromatic carbocycles. The van der Waals surface area contributed by atoms with Gasteiger partial charge in [-0.05, 0) is 46.2 Å². The van der Waals surface area contributed by atoms with Gasteiger partial charge >= 0.3 is 0 Å². The maximum Gasteiger partial charge on any atom is -0.00673 e. The fraction of sp³-hybridized carbons (Fsp3) is 0.0833. The van der Waals surface area contributed by atoms with Gasteiger partial charge in [0.25, 0.3) is 0 Å². The van der Waals surface area contributed by atoms with Crippen molar-refractivity contribution in [2.24, 2.45) is 0 Å². The number of hydrogen-bond acceptors (Lipinski definition) is 0. The van der Waals surface area contributed by atoms with Crippen LogP contribution < -0.4 is 0 Å². The highest BCUT2D eigenvalue weighted by Crippen LogP contribution is 2.37. The zero-order chi connectivity index (χ0) is 16.8. The lowest BCUT2D eigenvalue weighted by Crippen LogP contribution is -1.99. The zero-order valence-corrected chi connectivity index (χ0v) is 13.9. The van der Waals surface area contributed by atoms with Crippen molar-refractivity contribution >= 4 is 0 Å². The van der Waals surface area contributed by atoms with Gasteiger partial charge in [0.05, 0.1) is 0 Å². The molecule has 0 amide bonds. The van der Waals surface area contributed by atoms with E-state index in [0.29, 0.717) is 0 Å². The minimum Gasteiger partial charge on any atom is -0.103 e. The molecule has 0 radical (unpaired) electrons. The first-order chi connectivity index (χ1) is 11.8. The quantitative estimate of drug-likeness (QED) is 0.457. The highest BCUT2D eigenvalue weighted by Gasteiger charge is 2.14. The van der Waals surface area contributed by atoms with E-state index in [-0.39, 0.29) is 0 Å². The van der Waals surface area contributed by atoms with E-state index in [4.69, 9.17) is 0 Å². The molecule has 3 aromatic rings. The normalized spacial score (nSPS) is 10.3. The van der Waals surface area contributed by atoms with Gasteiger partial charge in [-0.15, -0.1) is 13.2 Å². The Morgan fingerprint density at radius 2 is 1.21 bits per heavy atom. The molecule has 0 fully saturated rings. The molecule has 0 spiro atoms. The summed E-state index contributed by atoms with van der Waals surface area (Å²) in [4.78, 5) is 0. The molecule has 0 N–H and O–H groups in total. The summed E-state index contributed by atoms with van der Waals surface area (Å²) in [7, 11) is 0. The third-order valence-electron chi connectivity index (χ3n) is 4.27. The molecule has 0 atom stereocenters. The van der Waals surface area contributed by atoms with Gasteiger partial charge in [-0.2, -0.15) is 0 Å². The molecule has 0 heterocycles. The van der Waals surface area contributed by atoms with E-state index in [1.54, 1.807) is 0 Å². The molecule has 24 heavy (non-hydrogen) atoms. The van der Waals surface area contributed by atoms with Crippen LogP contribution in [0, 0.1) is 0 Å². The first-order valence-electron chi connectivity index (χ1n) is 8.32. The Bertz CT molecular complexity index is 827. The van der Waals surface area contributed by atoms with Crippen molar-refractivity contribution in [2.75, 3.05) is 0 Å². The monoisotopic (exact) mass is 310 g/mol. The van der Waals surface area contributed by atoms with Crippen molar-refractivity contribution in [3.05, 3.63) is 109 Å². The van der Waals surface area contributed by atoms with Gasteiger partial charge in [0.2, 0.25) is 0 Å². The second-order valence-corrected chi connectivity index (χ2v) is 5.84. The molecule has 0 nitrogen and oxygen atoms in total. The minimum atomic E-state index is 0.855. The standard InChI is InChI=1S/C24H22/c1-3-11-19-17-18-23(20-13-7-5-8-14-20)24(22(19)12-4-2)21-15-9-6-10-16-21/h3-10,13-18H,1-2,11-12H2. The Morgan fingerprint density at radius 3 is 1.79 bits per heavy atom. The smallest absolute Gasteiger partial charge is 0.00673 e. The van der Waals surface area contributed by atoms with E-state index in [2.05, 4.69) is 86.0 Å². The van der Waals surface area contributed by atoms with Crippen molar-refractivity contribution in [2.45, 2.75) is 12.8 Å². The number of hydrogen-bond donors (Lipinski definition) is 0. The van der Waals surface area contributed by atoms with E-state index in [1.165, 1.54) is 33.4 Å². The minimum absolute atomic E-state index is 0.855. The molecule has 0 saturated heterocycles. The summed E-state index contributed by atoms with van der Waals surface area (Å²) in [5, 5.41) is 0. The SMILES string of the molecule is C=CCc1ccc(-c2ccccc2)c(-c2ccccc2)c1CC=C. The summed E-state index contributed by atoms with van der Waals surface area (Å²) in [5.74, 6) is 0. The predicted octanol–water partition coefficient (Wildman–Crippen LogP) is 6.48. The van der Waals surface area contributed by atoms with Crippen molar-refractivity contribution in [3.63, 3.8) is 0 Å². The van der Waals surface area contributed by atoms with Crippen molar-refractivity contribution in [1.29, 1.82) is 0 Å². The summed E-state index contributed by atoms with van der Waals surface area (Å²) >= 11 is 0. The van der Waals surface area contributed by atoms with Crippen molar-refractivity contribution in [3.8, 4) is 22.3 Å². The van der Waals surface area contributed by atoms with E-state index in [0.717, 1.165) is 12.8 Å². The molecule has 0 bridgehead atoms. The fourth-order valence-electron chi connectivity index (χ4n) is 3.21. The van der Waals surface area contributed by atoms with Crippen LogP contribution >= 0.6 is 0 Å². The van der Waals surface area contributed by atoms with Gasteiger partial charge in [-0.1, -0.05) is 84.9 Å². The molecule has 0 saturated carbocycles. The van der Waals surface area contributed by atoms with Gasteiger partial charge in [0.1, 0.15) is 0 Å². The van der Waals surface area contributed by atoms with Gasteiger partial charge in [0.15, 0.2) is 0 Å². The molecule has 0 aliphatic heterocycles. The Labute approximate surface area is 144 Å². The number of benzene rings is 3. The topological polar surface area (TPSA) is 0 Å². The average Bonchev–Trinajstić information content (AvgIpc) is 2.64. The Balaban J connectivity index is 2.32. The Hall–Kier alpha value is -2.86. The van der Waals surface area contributed by atoms with Crippen LogP contribution in [-0.4, -0.2) is 0 Å². The van der Waals surface area contributed by atoms with Crippen LogP contribution in [0.3, 0.4) is 0 Å². The molecule has 0 aliphatic rings. The van der Waals surface area contributed by atoms with E-state index in [9.17, 15) is 0 Å². The number of allylic oxidation sites excluding steroid dienone is 2. The van der Waals surface area contributed by atoms with Crippen molar-refractivity contribution < 1.29 is 0 Å². The van der Waals surface area contributed by atoms with Crippen LogP contribution in [0.1, 0.15) is 11.1 Å². The van der Waals surface area contributed by atoms with Crippen LogP contribution in [0.4, 0.5) is 0 Å². The zero-order valence-electron chi connectivity index (χ0n) is 13.9. The molecule has 118 valence electrons. The molecular formula is C24H22. The lowest BCUT2D eigenvalue weighted by Gasteiger charge is -2.18. The molecule has 0 aromatic heterocycles. The van der Waals surface area contributed by atoms with E-state index in [1.807, 2.05) is 12.2 Å². The highest BCUT2D eigenvalue weighted by molar-refractivity contribution is 5.86. The van der Waals surface area contributed by atoms with Crippen LogP contribution in [0.15, 0.2) is 98.1 Å². The maximum atomic E-state index is 3.97. The first kappa shape index (κ1) is 16.0. The van der Waals surface area contributed by atoms with Gasteiger partial charge < -0.3 is 0 Å². The fourth-order valence-corrected chi connectivity index (χ4v) is 3.21. The molecule has 0 aliphatic carbocycles. The maximum absolute atomic E-state index is 3.97. The Morgan fingerprint density at radius 1 is 0.625 bits per heavy atom. The molecule has 3 rings (SSSR count). The van der Waals surface area contributed by atoms with E-state index < -0.39 is 0 Å². The predicted molar refractivity (Wildman–Crippen MR) is 105 cm³/mol. The third-order valence-corrected chi connectivity index (χ3v) is 4.27. The van der Waals surface area contributed by atoms with Gasteiger partial charge in [0, 0.05) is 0 Å². The molecule has 0 heteroatoms. The molecular weight excluding hydrogens is 288 g/mol. The van der Waals surface area contributed by atoms with Crippen LogP contribution in [0.5, 0.6) is 0 Å². The van der Waals surface area contributed by atoms with Gasteiger partial charge in [-0.3, -0.25) is 0 Å². The summed E-state index contributed by atoms with van der Waals surface area (Å²) in [6.07, 6.45) is 5.69.